The molecular weight excluding hydrogens is 284 g/mol. The lowest BCUT2D eigenvalue weighted by Crippen LogP contribution is -2.36. The number of thiocarbonyl (C=S) groups is 1. The van der Waals surface area contributed by atoms with E-state index < -0.39 is 0 Å². The van der Waals surface area contributed by atoms with Crippen LogP contribution in [0.1, 0.15) is 29.7 Å². The molecule has 2 aliphatic rings. The van der Waals surface area contributed by atoms with Crippen molar-refractivity contribution in [2.75, 3.05) is 31.6 Å². The van der Waals surface area contributed by atoms with Crippen molar-refractivity contribution in [2.24, 2.45) is 5.73 Å². The van der Waals surface area contributed by atoms with E-state index in [2.05, 4.69) is 6.07 Å². The highest BCUT2D eigenvalue weighted by molar-refractivity contribution is 7.80. The van der Waals surface area contributed by atoms with Gasteiger partial charge in [0.2, 0.25) is 5.91 Å². The number of fused-ring (bicyclic) bond motifs is 1. The minimum absolute atomic E-state index is 0.115. The highest BCUT2D eigenvalue weighted by Crippen LogP contribution is 2.28. The van der Waals surface area contributed by atoms with E-state index in [9.17, 15) is 4.79 Å². The van der Waals surface area contributed by atoms with Gasteiger partial charge in [-0.3, -0.25) is 4.79 Å². The third kappa shape index (κ3) is 2.72. The first-order valence-corrected chi connectivity index (χ1v) is 7.78. The predicted molar refractivity (Wildman–Crippen MR) is 86.6 cm³/mol. The van der Waals surface area contributed by atoms with E-state index in [0.717, 1.165) is 55.8 Å². The summed E-state index contributed by atoms with van der Waals surface area (Å²) in [6.45, 7) is 1.93. The third-order valence-electron chi connectivity index (χ3n) is 4.27. The number of nitrogens with two attached hydrogens (primary N) is 1. The molecule has 0 saturated carbocycles. The van der Waals surface area contributed by atoms with Gasteiger partial charge < -0.3 is 15.5 Å². The van der Waals surface area contributed by atoms with Crippen LogP contribution in [0.15, 0.2) is 6.07 Å². The summed E-state index contributed by atoms with van der Waals surface area (Å²) in [7, 11) is 1.84. The number of rotatable bonds is 2. The maximum atomic E-state index is 12.1. The quantitative estimate of drug-likeness (QED) is 0.822. The van der Waals surface area contributed by atoms with Gasteiger partial charge >= 0.3 is 0 Å². The molecule has 112 valence electrons. The Morgan fingerprint density at radius 2 is 2.14 bits per heavy atom. The number of hydrogen-bond acceptors (Lipinski definition) is 4. The van der Waals surface area contributed by atoms with E-state index in [-0.39, 0.29) is 5.91 Å². The minimum Gasteiger partial charge on any atom is -0.389 e. The lowest BCUT2D eigenvalue weighted by atomic mass is 10.1. The summed E-state index contributed by atoms with van der Waals surface area (Å²) in [5.41, 5.74) is 9.08. The van der Waals surface area contributed by atoms with Gasteiger partial charge in [-0.2, -0.15) is 0 Å². The summed E-state index contributed by atoms with van der Waals surface area (Å²) in [6, 6.07) is 2.08. The van der Waals surface area contributed by atoms with Gasteiger partial charge in [0.15, 0.2) is 0 Å². The number of amides is 1. The molecule has 0 bridgehead atoms. The molecule has 6 heteroatoms. The topological polar surface area (TPSA) is 62.5 Å². The van der Waals surface area contributed by atoms with Crippen molar-refractivity contribution < 1.29 is 4.79 Å². The van der Waals surface area contributed by atoms with Crippen molar-refractivity contribution in [2.45, 2.75) is 25.7 Å². The number of aryl methyl sites for hydroxylation is 2. The van der Waals surface area contributed by atoms with Gasteiger partial charge in [-0.05, 0) is 37.3 Å². The highest BCUT2D eigenvalue weighted by Gasteiger charge is 2.25. The molecule has 5 nitrogen and oxygen atoms in total. The second-order valence-corrected chi connectivity index (χ2v) is 6.21. The van der Waals surface area contributed by atoms with Crippen LogP contribution in [0.4, 0.5) is 5.82 Å². The largest absolute Gasteiger partial charge is 0.389 e. The number of hydrogen-bond donors (Lipinski definition) is 1. The number of nitrogens with zero attached hydrogens (tertiary/aromatic N) is 3. The molecule has 0 radical (unpaired) electrons. The maximum Gasteiger partial charge on any atom is 0.241 e. The molecule has 1 saturated heterocycles. The van der Waals surface area contributed by atoms with Gasteiger partial charge in [0, 0.05) is 25.8 Å². The van der Waals surface area contributed by atoms with E-state index in [1.807, 2.05) is 11.9 Å². The Bertz CT molecular complexity index is 602. The summed E-state index contributed by atoms with van der Waals surface area (Å²) in [5.74, 6) is 0.899. The van der Waals surface area contributed by atoms with Crippen LogP contribution in [0.25, 0.3) is 0 Å². The second-order valence-electron chi connectivity index (χ2n) is 5.77. The lowest BCUT2D eigenvalue weighted by Gasteiger charge is -2.24. The number of anilines is 1. The molecule has 2 heterocycles. The van der Waals surface area contributed by atoms with E-state index in [4.69, 9.17) is 22.9 Å². The smallest absolute Gasteiger partial charge is 0.241 e. The Kier molecular flexibility index (Phi) is 3.80. The first kappa shape index (κ1) is 14.3. The summed E-state index contributed by atoms with van der Waals surface area (Å²) in [4.78, 5) is 21.0. The number of aromatic nitrogens is 1. The molecule has 3 rings (SSSR count). The average Bonchev–Trinajstić information content (AvgIpc) is 2.84. The monoisotopic (exact) mass is 304 g/mol. The number of pyridine rings is 1. The van der Waals surface area contributed by atoms with Crippen LogP contribution in [-0.4, -0.2) is 47.5 Å². The number of carbonyl (C=O) groups is 1. The van der Waals surface area contributed by atoms with Crippen LogP contribution in [0.2, 0.25) is 0 Å². The molecule has 1 aromatic rings. The normalized spacial score (nSPS) is 18.6. The van der Waals surface area contributed by atoms with Crippen LogP contribution in [-0.2, 0) is 17.6 Å². The van der Waals surface area contributed by atoms with Gasteiger partial charge in [0.05, 0.1) is 12.1 Å². The number of carbonyl (C=O) groups excluding carboxylic acids is 1. The highest BCUT2D eigenvalue weighted by atomic mass is 32.1. The van der Waals surface area contributed by atoms with E-state index in [1.165, 1.54) is 5.56 Å². The summed E-state index contributed by atoms with van der Waals surface area (Å²) in [6.07, 6.45) is 4.10. The average molecular weight is 304 g/mol. The van der Waals surface area contributed by atoms with Gasteiger partial charge in [-0.1, -0.05) is 12.2 Å². The van der Waals surface area contributed by atoms with E-state index in [0.29, 0.717) is 11.5 Å². The number of likely N-dealkylation sites (N-methyl/N-ethyl adjacent to an activating group) is 1. The summed E-state index contributed by atoms with van der Waals surface area (Å²) >= 11 is 5.19. The van der Waals surface area contributed by atoms with Crippen LogP contribution in [0.5, 0.6) is 0 Å². The molecule has 0 aromatic carbocycles. The molecule has 0 unspecified atom stereocenters. The summed E-state index contributed by atoms with van der Waals surface area (Å²) < 4.78 is 0. The zero-order valence-corrected chi connectivity index (χ0v) is 13.1. The zero-order chi connectivity index (χ0) is 15.0. The van der Waals surface area contributed by atoms with Crippen molar-refractivity contribution in [3.8, 4) is 0 Å². The fraction of sp³-hybridized carbons (Fsp3) is 0.533. The molecular formula is C15H20N4OS. The maximum absolute atomic E-state index is 12.1. The van der Waals surface area contributed by atoms with Crippen LogP contribution >= 0.6 is 12.2 Å². The SMILES string of the molecule is CN1CCCN(c2nc3c(cc2C(N)=S)CCC3)CC1=O. The van der Waals surface area contributed by atoms with Gasteiger partial charge in [-0.15, -0.1) is 0 Å². The Labute approximate surface area is 130 Å². The second kappa shape index (κ2) is 5.60. The first-order valence-electron chi connectivity index (χ1n) is 7.38. The van der Waals surface area contributed by atoms with Crippen molar-refractivity contribution in [3.05, 3.63) is 22.9 Å². The first-order chi connectivity index (χ1) is 10.1. The molecule has 1 aliphatic heterocycles. The van der Waals surface area contributed by atoms with Crippen LogP contribution in [0.3, 0.4) is 0 Å². The Morgan fingerprint density at radius 3 is 2.90 bits per heavy atom. The minimum atomic E-state index is 0.115. The molecule has 1 aliphatic carbocycles. The molecule has 0 atom stereocenters. The zero-order valence-electron chi connectivity index (χ0n) is 12.3. The summed E-state index contributed by atoms with van der Waals surface area (Å²) in [5, 5.41) is 0. The Hall–Kier alpha value is -1.69. The molecule has 0 spiro atoms. The van der Waals surface area contributed by atoms with Gasteiger partial charge in [-0.25, -0.2) is 4.98 Å². The predicted octanol–water partition coefficient (Wildman–Crippen LogP) is 0.873. The van der Waals surface area contributed by atoms with Crippen molar-refractivity contribution in [1.82, 2.24) is 9.88 Å². The lowest BCUT2D eigenvalue weighted by molar-refractivity contribution is -0.127. The van der Waals surface area contributed by atoms with E-state index in [1.54, 1.807) is 4.90 Å². The van der Waals surface area contributed by atoms with E-state index >= 15 is 0 Å². The van der Waals surface area contributed by atoms with Crippen LogP contribution < -0.4 is 10.6 Å². The molecule has 2 N–H and O–H groups in total. The van der Waals surface area contributed by atoms with Gasteiger partial charge in [0.25, 0.3) is 0 Å². The fourth-order valence-electron chi connectivity index (χ4n) is 3.05. The molecule has 1 amide bonds. The van der Waals surface area contributed by atoms with Crippen molar-refractivity contribution in [1.29, 1.82) is 0 Å². The van der Waals surface area contributed by atoms with Crippen molar-refractivity contribution in [3.63, 3.8) is 0 Å². The Morgan fingerprint density at radius 1 is 1.33 bits per heavy atom. The standard InChI is InChI=1S/C15H20N4OS/c1-18-6-3-7-19(9-13(18)20)15-11(14(16)21)8-10-4-2-5-12(10)17-15/h8H,2-7,9H2,1H3,(H2,16,21). The molecule has 21 heavy (non-hydrogen) atoms. The van der Waals surface area contributed by atoms with Gasteiger partial charge in [0.1, 0.15) is 10.8 Å². The molecule has 1 fully saturated rings. The fourth-order valence-corrected chi connectivity index (χ4v) is 3.20. The van der Waals surface area contributed by atoms with Crippen LogP contribution in [0, 0.1) is 0 Å². The molecule has 1 aromatic heterocycles. The Balaban J connectivity index is 2.00. The third-order valence-corrected chi connectivity index (χ3v) is 4.49. The van der Waals surface area contributed by atoms with Crippen molar-refractivity contribution >= 4 is 28.9 Å².